The Hall–Kier alpha value is 6.49. The first kappa shape index (κ1) is 30.0. The summed E-state index contributed by atoms with van der Waals surface area (Å²) < 4.78 is 0. The van der Waals surface area contributed by atoms with Gasteiger partial charge < -0.3 is 0 Å². The van der Waals surface area contributed by atoms with Crippen molar-refractivity contribution in [1.82, 2.24) is 0 Å². The molecule has 0 saturated heterocycles. The Morgan fingerprint density at radius 1 is 1.00 bits per heavy atom. The molecule has 0 fully saturated rings. The molecule has 5 heteroatoms. The van der Waals surface area contributed by atoms with Gasteiger partial charge in [0, 0.05) is 196 Å². The monoisotopic (exact) mass is 849 g/mol. The molecule has 0 aromatic rings. The molecule has 0 aliphatic rings. The molecule has 0 saturated carbocycles. The quantitative estimate of drug-likeness (QED) is 0.302. The van der Waals surface area contributed by atoms with Gasteiger partial charge in [-0.05, 0) is 0 Å². The standard InChI is InChI=1S/Er.Ho.Lu.Tm.Yb. The van der Waals surface area contributed by atoms with Crippen LogP contribution in [0.1, 0.15) is 0 Å². The number of rotatable bonds is 0. The molecular formula is ErHoLuTmYb. The van der Waals surface area contributed by atoms with Crippen LogP contribution in [0.5, 0.6) is 0 Å². The molecule has 5 heavy (non-hydrogen) atoms. The van der Waals surface area contributed by atoms with E-state index in [0.29, 0.717) is 0 Å². The van der Waals surface area contributed by atoms with Crippen molar-refractivity contribution in [3.8, 4) is 0 Å². The van der Waals surface area contributed by atoms with E-state index in [1.165, 1.54) is 0 Å². The molecule has 0 aliphatic heterocycles. The summed E-state index contributed by atoms with van der Waals surface area (Å²) in [6.07, 6.45) is 0. The van der Waals surface area contributed by atoms with Crippen LogP contribution in [-0.2, 0) is 0 Å². The van der Waals surface area contributed by atoms with E-state index in [1.807, 2.05) is 0 Å². The molecule has 0 amide bonds. The Morgan fingerprint density at radius 2 is 1.00 bits per heavy atom. The van der Waals surface area contributed by atoms with Gasteiger partial charge in [0.1, 0.15) is 0 Å². The largest absolute Gasteiger partial charge is 0 e. The van der Waals surface area contributed by atoms with Gasteiger partial charge in [-0.1, -0.05) is 0 Å². The van der Waals surface area contributed by atoms with E-state index in [4.69, 9.17) is 0 Å². The summed E-state index contributed by atoms with van der Waals surface area (Å²) in [6.45, 7) is 0. The third-order valence-corrected chi connectivity index (χ3v) is 0. The minimum absolute atomic E-state index is 0. The Kier molecular flexibility index (Phi) is 135. The van der Waals surface area contributed by atoms with Crippen LogP contribution in [0.25, 0.3) is 0 Å². The molecule has 0 heterocycles. The van der Waals surface area contributed by atoms with Crippen LogP contribution in [0.2, 0.25) is 0 Å². The van der Waals surface area contributed by atoms with Gasteiger partial charge in [-0.2, -0.15) is 0 Å². The summed E-state index contributed by atoms with van der Waals surface area (Å²) in [5.74, 6) is 0. The van der Waals surface area contributed by atoms with Crippen LogP contribution in [0.15, 0.2) is 0 Å². The summed E-state index contributed by atoms with van der Waals surface area (Å²) in [6, 6.07) is 0. The molecule has 0 N–H and O–H groups in total. The normalized spacial score (nSPS) is 0. The molecule has 3 radical (unpaired) electrons. The van der Waals surface area contributed by atoms with Crippen molar-refractivity contribution in [3.05, 3.63) is 0 Å². The zero-order chi connectivity index (χ0) is 0. The predicted molar refractivity (Wildman–Crippen MR) is 0 cm³/mol. The smallest absolute Gasteiger partial charge is 0 e. The first-order valence-corrected chi connectivity index (χ1v) is 0. The predicted octanol–water partition coefficient (Wildman–Crippen LogP) is 0. The third kappa shape index (κ3) is 18.0. The second-order valence-electron chi connectivity index (χ2n) is 0. The van der Waals surface area contributed by atoms with E-state index in [0.717, 1.165) is 0 Å². The number of hydrogen-bond donors (Lipinski definition) is 0. The molecule has 0 aromatic heterocycles. The molecule has 0 unspecified atom stereocenters. The van der Waals surface area contributed by atoms with Crippen molar-refractivity contribution >= 4 is 0 Å². The zero-order valence-corrected chi connectivity index (χ0v) is 10.3. The van der Waals surface area contributed by atoms with Gasteiger partial charge in [-0.3, -0.25) is 0 Å². The molecule has 0 nitrogen and oxygen atoms in total. The summed E-state index contributed by atoms with van der Waals surface area (Å²) in [7, 11) is 0. The van der Waals surface area contributed by atoms with Gasteiger partial charge in [0.25, 0.3) is 0 Å². The van der Waals surface area contributed by atoms with Crippen LogP contribution in [-0.4, -0.2) is 0 Å². The average molecular weight is 849 g/mol. The van der Waals surface area contributed by atoms with Crippen molar-refractivity contribution in [3.63, 3.8) is 0 Å². The second-order valence-corrected chi connectivity index (χ2v) is 0. The van der Waals surface area contributed by atoms with E-state index < -0.39 is 0 Å². The van der Waals surface area contributed by atoms with Gasteiger partial charge in [0.15, 0.2) is 0 Å². The van der Waals surface area contributed by atoms with E-state index >= 15 is 0 Å². The molecule has 0 atom stereocenters. The Labute approximate surface area is 189 Å². The van der Waals surface area contributed by atoms with Crippen LogP contribution in [0.4, 0.5) is 0 Å². The minimum Gasteiger partial charge on any atom is 0 e. The van der Waals surface area contributed by atoms with E-state index in [1.54, 1.807) is 0 Å². The minimum atomic E-state index is 0. The van der Waals surface area contributed by atoms with Gasteiger partial charge in [0.05, 0.1) is 0 Å². The van der Waals surface area contributed by atoms with Crippen molar-refractivity contribution in [2.75, 3.05) is 0 Å². The fourth-order valence-corrected chi connectivity index (χ4v) is 0. The number of hydrogen-bond acceptors (Lipinski definition) is 0. The van der Waals surface area contributed by atoms with Crippen LogP contribution >= 0.6 is 0 Å². The molecular weight excluding hydrogens is 849 g/mol. The SMILES string of the molecule is [Er].[Ho].[Lu].[Tm].[Yb]. The summed E-state index contributed by atoms with van der Waals surface area (Å²) in [5, 5.41) is 0. The molecule has 0 aromatic carbocycles. The van der Waals surface area contributed by atoms with Gasteiger partial charge in [0.2, 0.25) is 0 Å². The molecule has 0 aliphatic carbocycles. The Bertz CT molecular complexity index is 11.6. The van der Waals surface area contributed by atoms with Crippen molar-refractivity contribution in [2.24, 2.45) is 0 Å². The Balaban J connectivity index is 0. The van der Waals surface area contributed by atoms with Gasteiger partial charge in [-0.15, -0.1) is 0 Å². The van der Waals surface area contributed by atoms with Crippen LogP contribution < -0.4 is 0 Å². The van der Waals surface area contributed by atoms with Gasteiger partial charge in [-0.25, -0.2) is 0 Å². The summed E-state index contributed by atoms with van der Waals surface area (Å²) >= 11 is 0. The van der Waals surface area contributed by atoms with E-state index in [9.17, 15) is 0 Å². The molecule has 0 spiro atoms. The second kappa shape index (κ2) is 22.4. The van der Waals surface area contributed by atoms with Gasteiger partial charge >= 0.3 is 0 Å². The van der Waals surface area contributed by atoms with Crippen LogP contribution in [0.3, 0.4) is 0 Å². The maximum absolute atomic E-state index is 0. The summed E-state index contributed by atoms with van der Waals surface area (Å²) in [5.41, 5.74) is 0. The van der Waals surface area contributed by atoms with E-state index in [2.05, 4.69) is 0 Å². The summed E-state index contributed by atoms with van der Waals surface area (Å²) in [4.78, 5) is 0. The maximum Gasteiger partial charge on any atom is 0 e. The average Bonchev–Trinajstić information content (AvgIpc) is 0. The van der Waals surface area contributed by atoms with Crippen molar-refractivity contribution in [2.45, 2.75) is 0 Å². The first-order chi connectivity index (χ1) is 0. The van der Waals surface area contributed by atoms with Crippen LogP contribution in [0, 0.1) is 196 Å². The third-order valence-electron chi connectivity index (χ3n) is 0. The zero-order valence-electron chi connectivity index (χ0n) is 1.39. The molecule has 0 rings (SSSR count). The van der Waals surface area contributed by atoms with Crippen molar-refractivity contribution in [1.29, 1.82) is 0 Å². The Morgan fingerprint density at radius 3 is 1.00 bits per heavy atom. The first-order valence-electron chi connectivity index (χ1n) is 0. The molecule has 0 bridgehead atoms. The maximum atomic E-state index is 0. The fraction of sp³-hybridized carbons (Fsp3) is 0. The topological polar surface area (TPSA) is 0 Å². The molecule has 65 valence electrons. The van der Waals surface area contributed by atoms with E-state index in [-0.39, 0.29) is 196 Å². The van der Waals surface area contributed by atoms with Crippen molar-refractivity contribution < 1.29 is 196 Å². The fourth-order valence-electron chi connectivity index (χ4n) is 0.